The average molecular weight is 362 g/mol. The minimum absolute atomic E-state index is 0.0871. The molecule has 9 heteroatoms. The van der Waals surface area contributed by atoms with Crippen LogP contribution in [0.2, 0.25) is 0 Å². The molecule has 0 saturated carbocycles. The van der Waals surface area contributed by atoms with Gasteiger partial charge >= 0.3 is 11.8 Å². The lowest BCUT2D eigenvalue weighted by molar-refractivity contribution is -0.132. The molecule has 0 spiro atoms. The fourth-order valence-corrected chi connectivity index (χ4v) is 2.46. The average Bonchev–Trinajstić information content (AvgIpc) is 2.55. The van der Waals surface area contributed by atoms with E-state index in [0.29, 0.717) is 5.69 Å². The normalized spacial score (nSPS) is 10.8. The molecule has 0 unspecified atom stereocenters. The van der Waals surface area contributed by atoms with Crippen molar-refractivity contribution in [3.8, 4) is 0 Å². The van der Waals surface area contributed by atoms with Crippen LogP contribution in [0.1, 0.15) is 0 Å². The molecule has 8 nitrogen and oxygen atoms in total. The second kappa shape index (κ2) is 7.32. The smallest absolute Gasteiger partial charge is 0.314 e. The van der Waals surface area contributed by atoms with Crippen LogP contribution < -0.4 is 20.7 Å². The predicted molar refractivity (Wildman–Crippen MR) is 95.8 cm³/mol. The Kier molecular flexibility index (Phi) is 5.40. The Hall–Kier alpha value is -2.91. The molecule has 0 aromatic heterocycles. The van der Waals surface area contributed by atoms with Crippen molar-refractivity contribution in [1.29, 1.82) is 0 Å². The summed E-state index contributed by atoms with van der Waals surface area (Å²) in [6.07, 6.45) is 0. The maximum Gasteiger partial charge on any atom is 0.314 e. The number of hydrogen-bond acceptors (Lipinski definition) is 5. The van der Waals surface area contributed by atoms with E-state index in [4.69, 9.17) is 5.14 Å². The fraction of sp³-hybridized carbons (Fsp3) is 0.125. The number of rotatable bonds is 4. The van der Waals surface area contributed by atoms with Crippen LogP contribution in [0.5, 0.6) is 0 Å². The Bertz CT molecular complexity index is 875. The van der Waals surface area contributed by atoms with Gasteiger partial charge in [0.2, 0.25) is 10.0 Å². The van der Waals surface area contributed by atoms with Crippen LogP contribution in [0.3, 0.4) is 0 Å². The number of sulfonamides is 1. The number of carbonyl (C=O) groups is 2. The molecule has 2 amide bonds. The number of primary sulfonamides is 1. The summed E-state index contributed by atoms with van der Waals surface area (Å²) < 4.78 is 22.3. The summed E-state index contributed by atoms with van der Waals surface area (Å²) in [6, 6.07) is 12.1. The number of anilines is 3. The van der Waals surface area contributed by atoms with Gasteiger partial charge in [0.1, 0.15) is 0 Å². The van der Waals surface area contributed by atoms with Crippen molar-refractivity contribution < 1.29 is 18.0 Å². The van der Waals surface area contributed by atoms with Crippen LogP contribution in [-0.2, 0) is 19.6 Å². The molecule has 0 radical (unpaired) electrons. The zero-order valence-corrected chi connectivity index (χ0v) is 14.5. The maximum atomic E-state index is 11.9. The van der Waals surface area contributed by atoms with Gasteiger partial charge in [0.05, 0.1) is 4.90 Å². The number of nitrogens with zero attached hydrogens (tertiary/aromatic N) is 1. The lowest BCUT2D eigenvalue weighted by atomic mass is 10.2. The molecule has 2 aromatic carbocycles. The number of carbonyl (C=O) groups excluding carboxylic acids is 2. The van der Waals surface area contributed by atoms with E-state index in [1.165, 1.54) is 24.3 Å². The highest BCUT2D eigenvalue weighted by Gasteiger charge is 2.15. The standard InChI is InChI=1S/C16H18N4O4S/c1-20(2)13-7-3-11(4-8-13)18-15(21)16(22)19-12-5-9-14(10-6-12)25(17,23)24/h3-10H,1-2H3,(H,18,21)(H,19,22)(H2,17,23,24). The monoisotopic (exact) mass is 362 g/mol. The Morgan fingerprint density at radius 3 is 1.60 bits per heavy atom. The van der Waals surface area contributed by atoms with Crippen molar-refractivity contribution in [2.24, 2.45) is 5.14 Å². The zero-order chi connectivity index (χ0) is 18.6. The predicted octanol–water partition coefficient (Wildman–Crippen LogP) is 0.977. The molecule has 4 N–H and O–H groups in total. The van der Waals surface area contributed by atoms with Crippen LogP contribution in [0.15, 0.2) is 53.4 Å². The third kappa shape index (κ3) is 5.03. The number of hydrogen-bond donors (Lipinski definition) is 3. The lowest BCUT2D eigenvalue weighted by Crippen LogP contribution is -2.29. The molecule has 0 heterocycles. The van der Waals surface area contributed by atoms with Gasteiger partial charge in [-0.05, 0) is 48.5 Å². The highest BCUT2D eigenvalue weighted by molar-refractivity contribution is 7.89. The van der Waals surface area contributed by atoms with Crippen LogP contribution in [0, 0.1) is 0 Å². The van der Waals surface area contributed by atoms with E-state index < -0.39 is 21.8 Å². The van der Waals surface area contributed by atoms with E-state index in [1.807, 2.05) is 19.0 Å². The Labute approximate surface area is 145 Å². The number of nitrogens with one attached hydrogen (secondary N) is 2. The van der Waals surface area contributed by atoms with Gasteiger partial charge < -0.3 is 15.5 Å². The van der Waals surface area contributed by atoms with Crippen molar-refractivity contribution in [3.05, 3.63) is 48.5 Å². The molecule has 132 valence electrons. The van der Waals surface area contributed by atoms with Gasteiger partial charge in [-0.2, -0.15) is 0 Å². The first kappa shape index (κ1) is 18.4. The van der Waals surface area contributed by atoms with Crippen molar-refractivity contribution >= 4 is 38.9 Å². The Morgan fingerprint density at radius 2 is 1.24 bits per heavy atom. The molecule has 0 saturated heterocycles. The van der Waals surface area contributed by atoms with Crippen LogP contribution in [0.25, 0.3) is 0 Å². The van der Waals surface area contributed by atoms with E-state index in [-0.39, 0.29) is 10.6 Å². The third-order valence-electron chi connectivity index (χ3n) is 3.29. The number of amides is 2. The van der Waals surface area contributed by atoms with E-state index in [0.717, 1.165) is 5.69 Å². The Morgan fingerprint density at radius 1 is 0.840 bits per heavy atom. The van der Waals surface area contributed by atoms with Crippen LogP contribution >= 0.6 is 0 Å². The van der Waals surface area contributed by atoms with Crippen LogP contribution in [-0.4, -0.2) is 34.3 Å². The summed E-state index contributed by atoms with van der Waals surface area (Å²) in [5.41, 5.74) is 1.71. The molecule has 0 bridgehead atoms. The summed E-state index contributed by atoms with van der Waals surface area (Å²) >= 11 is 0. The topological polar surface area (TPSA) is 122 Å². The van der Waals surface area contributed by atoms with Crippen molar-refractivity contribution in [1.82, 2.24) is 0 Å². The Balaban J connectivity index is 1.99. The first-order valence-corrected chi connectivity index (χ1v) is 8.74. The van der Waals surface area contributed by atoms with E-state index in [1.54, 1.807) is 24.3 Å². The SMILES string of the molecule is CN(C)c1ccc(NC(=O)C(=O)Nc2ccc(S(N)(=O)=O)cc2)cc1. The highest BCUT2D eigenvalue weighted by atomic mass is 32.2. The third-order valence-corrected chi connectivity index (χ3v) is 4.22. The van der Waals surface area contributed by atoms with Gasteiger partial charge in [-0.3, -0.25) is 9.59 Å². The van der Waals surface area contributed by atoms with Gasteiger partial charge in [0.25, 0.3) is 0 Å². The summed E-state index contributed by atoms with van der Waals surface area (Å²) in [5, 5.41) is 9.84. The van der Waals surface area contributed by atoms with Crippen molar-refractivity contribution in [2.45, 2.75) is 4.90 Å². The molecule has 2 rings (SSSR count). The van der Waals surface area contributed by atoms with E-state index >= 15 is 0 Å². The minimum Gasteiger partial charge on any atom is -0.378 e. The van der Waals surface area contributed by atoms with E-state index in [2.05, 4.69) is 10.6 Å². The minimum atomic E-state index is -3.81. The van der Waals surface area contributed by atoms with Gasteiger partial charge in [-0.25, -0.2) is 13.6 Å². The molecule has 0 aliphatic heterocycles. The molecule has 0 fully saturated rings. The maximum absolute atomic E-state index is 11.9. The summed E-state index contributed by atoms with van der Waals surface area (Å²) in [4.78, 5) is 25.6. The lowest BCUT2D eigenvalue weighted by Gasteiger charge is -2.13. The second-order valence-corrected chi connectivity index (χ2v) is 6.98. The summed E-state index contributed by atoms with van der Waals surface area (Å²) in [6.45, 7) is 0. The van der Waals surface area contributed by atoms with Gasteiger partial charge in [-0.1, -0.05) is 0 Å². The molecule has 0 aliphatic rings. The number of nitrogens with two attached hydrogens (primary N) is 1. The summed E-state index contributed by atoms with van der Waals surface area (Å²) in [5.74, 6) is -1.71. The molecule has 0 atom stereocenters. The fourth-order valence-electron chi connectivity index (χ4n) is 1.95. The van der Waals surface area contributed by atoms with Gasteiger partial charge in [-0.15, -0.1) is 0 Å². The quantitative estimate of drug-likeness (QED) is 0.700. The first-order valence-electron chi connectivity index (χ1n) is 7.19. The molecular weight excluding hydrogens is 344 g/mol. The molecule has 25 heavy (non-hydrogen) atoms. The first-order chi connectivity index (χ1) is 11.7. The van der Waals surface area contributed by atoms with Crippen LogP contribution in [0.4, 0.5) is 17.1 Å². The molecule has 0 aliphatic carbocycles. The summed E-state index contributed by atoms with van der Waals surface area (Å²) in [7, 11) is -0.0281. The highest BCUT2D eigenvalue weighted by Crippen LogP contribution is 2.16. The largest absolute Gasteiger partial charge is 0.378 e. The van der Waals surface area contributed by atoms with Gasteiger partial charge in [0.15, 0.2) is 0 Å². The van der Waals surface area contributed by atoms with Gasteiger partial charge in [0, 0.05) is 31.2 Å². The molecular formula is C16H18N4O4S. The van der Waals surface area contributed by atoms with Crippen molar-refractivity contribution in [2.75, 3.05) is 29.6 Å². The second-order valence-electron chi connectivity index (χ2n) is 5.42. The zero-order valence-electron chi connectivity index (χ0n) is 13.7. The van der Waals surface area contributed by atoms with E-state index in [9.17, 15) is 18.0 Å². The number of benzene rings is 2. The molecule has 2 aromatic rings. The van der Waals surface area contributed by atoms with Crippen molar-refractivity contribution in [3.63, 3.8) is 0 Å².